The lowest BCUT2D eigenvalue weighted by atomic mass is 10.0. The van der Waals surface area contributed by atoms with Gasteiger partial charge in [-0.2, -0.15) is 0 Å². The van der Waals surface area contributed by atoms with Gasteiger partial charge >= 0.3 is 0 Å². The molecular weight excluding hydrogens is 392 g/mol. The van der Waals surface area contributed by atoms with Crippen LogP contribution in [0.3, 0.4) is 0 Å². The van der Waals surface area contributed by atoms with E-state index in [1.165, 1.54) is 6.92 Å². The van der Waals surface area contributed by atoms with Gasteiger partial charge in [0.2, 0.25) is 5.91 Å². The molecule has 0 aliphatic carbocycles. The summed E-state index contributed by atoms with van der Waals surface area (Å²) >= 11 is 0. The normalized spacial score (nSPS) is 13.6. The molecule has 0 bridgehead atoms. The molecule has 1 aliphatic heterocycles. The lowest BCUT2D eigenvalue weighted by molar-refractivity contribution is -0.119. The Labute approximate surface area is 179 Å². The van der Waals surface area contributed by atoms with Crippen LogP contribution in [-0.2, 0) is 11.2 Å². The molecule has 1 heterocycles. The SMILES string of the molecule is CC(=O)c1ccc(NC(=O)[C@H](Cc2ccccc2)N2C(=O)c3ccccc3C2=O)cc1. The third kappa shape index (κ3) is 4.00. The first-order valence-electron chi connectivity index (χ1n) is 9.88. The molecule has 1 aliphatic rings. The van der Waals surface area contributed by atoms with Crippen LogP contribution in [0.15, 0.2) is 78.9 Å². The molecule has 0 aromatic heterocycles. The molecule has 4 rings (SSSR count). The van der Waals surface area contributed by atoms with Gasteiger partial charge in [0.05, 0.1) is 11.1 Å². The number of Topliss-reactive ketones (excluding diaryl/α,β-unsaturated/α-hetero) is 1. The summed E-state index contributed by atoms with van der Waals surface area (Å²) in [5, 5.41) is 2.78. The molecule has 31 heavy (non-hydrogen) atoms. The molecule has 1 atom stereocenters. The largest absolute Gasteiger partial charge is 0.324 e. The standard InChI is InChI=1S/C25H20N2O4/c1-16(28)18-11-13-19(14-12-18)26-23(29)22(15-17-7-3-2-4-8-17)27-24(30)20-9-5-6-10-21(20)25(27)31/h2-14,22H,15H2,1H3,(H,26,29)/t22-/m0/s1. The minimum atomic E-state index is -1.03. The highest BCUT2D eigenvalue weighted by Gasteiger charge is 2.42. The van der Waals surface area contributed by atoms with Gasteiger partial charge in [-0.25, -0.2) is 0 Å². The molecule has 3 aromatic rings. The zero-order valence-corrected chi connectivity index (χ0v) is 16.9. The zero-order valence-electron chi connectivity index (χ0n) is 16.9. The van der Waals surface area contributed by atoms with E-state index in [1.54, 1.807) is 48.5 Å². The number of nitrogens with zero attached hydrogens (tertiary/aromatic N) is 1. The van der Waals surface area contributed by atoms with Crippen molar-refractivity contribution in [2.24, 2.45) is 0 Å². The van der Waals surface area contributed by atoms with Gasteiger partial charge in [-0.15, -0.1) is 0 Å². The second kappa shape index (κ2) is 8.36. The summed E-state index contributed by atoms with van der Waals surface area (Å²) in [6.07, 6.45) is 0.184. The minimum Gasteiger partial charge on any atom is -0.324 e. The Bertz CT molecular complexity index is 1130. The number of amides is 3. The number of fused-ring (bicyclic) bond motifs is 1. The first-order valence-corrected chi connectivity index (χ1v) is 9.88. The molecule has 0 radical (unpaired) electrons. The van der Waals surface area contributed by atoms with Gasteiger partial charge < -0.3 is 5.32 Å². The predicted molar refractivity (Wildman–Crippen MR) is 116 cm³/mol. The lowest BCUT2D eigenvalue weighted by Gasteiger charge is -2.25. The van der Waals surface area contributed by atoms with Gasteiger partial charge in [0.15, 0.2) is 5.78 Å². The number of hydrogen-bond acceptors (Lipinski definition) is 4. The summed E-state index contributed by atoms with van der Waals surface area (Å²) < 4.78 is 0. The van der Waals surface area contributed by atoms with Gasteiger partial charge in [0, 0.05) is 17.7 Å². The third-order valence-electron chi connectivity index (χ3n) is 5.27. The summed E-state index contributed by atoms with van der Waals surface area (Å²) in [6, 6.07) is 21.2. The number of carbonyl (C=O) groups is 4. The lowest BCUT2D eigenvalue weighted by Crippen LogP contribution is -2.48. The number of benzene rings is 3. The topological polar surface area (TPSA) is 83.6 Å². The quantitative estimate of drug-likeness (QED) is 0.494. The Morgan fingerprint density at radius 3 is 1.90 bits per heavy atom. The average molecular weight is 412 g/mol. The van der Waals surface area contributed by atoms with Gasteiger partial charge in [-0.1, -0.05) is 42.5 Å². The van der Waals surface area contributed by atoms with E-state index in [0.717, 1.165) is 10.5 Å². The summed E-state index contributed by atoms with van der Waals surface area (Å²) in [6.45, 7) is 1.46. The number of carbonyl (C=O) groups excluding carboxylic acids is 4. The summed E-state index contributed by atoms with van der Waals surface area (Å²) in [5.74, 6) is -1.52. The van der Waals surface area contributed by atoms with Gasteiger partial charge in [-0.3, -0.25) is 24.1 Å². The van der Waals surface area contributed by atoms with Crippen molar-refractivity contribution in [3.05, 3.63) is 101 Å². The molecule has 154 valence electrons. The van der Waals surface area contributed by atoms with Crippen molar-refractivity contribution < 1.29 is 19.2 Å². The van der Waals surface area contributed by atoms with E-state index in [2.05, 4.69) is 5.32 Å². The van der Waals surface area contributed by atoms with Crippen molar-refractivity contribution in [3.63, 3.8) is 0 Å². The number of nitrogens with one attached hydrogen (secondary N) is 1. The number of imide groups is 1. The first-order chi connectivity index (χ1) is 15.0. The molecule has 0 unspecified atom stereocenters. The molecule has 0 saturated carbocycles. The Morgan fingerprint density at radius 1 is 0.806 bits per heavy atom. The fourth-order valence-electron chi connectivity index (χ4n) is 3.64. The summed E-state index contributed by atoms with van der Waals surface area (Å²) in [4.78, 5) is 51.8. The van der Waals surface area contributed by atoms with E-state index < -0.39 is 23.8 Å². The Kier molecular flexibility index (Phi) is 5.45. The maximum Gasteiger partial charge on any atom is 0.262 e. The van der Waals surface area contributed by atoms with E-state index in [1.807, 2.05) is 30.3 Å². The van der Waals surface area contributed by atoms with E-state index in [9.17, 15) is 19.2 Å². The maximum atomic E-state index is 13.2. The van der Waals surface area contributed by atoms with Crippen molar-refractivity contribution in [3.8, 4) is 0 Å². The average Bonchev–Trinajstić information content (AvgIpc) is 3.03. The highest BCUT2D eigenvalue weighted by Crippen LogP contribution is 2.26. The van der Waals surface area contributed by atoms with Crippen LogP contribution < -0.4 is 5.32 Å². The molecule has 3 amide bonds. The zero-order chi connectivity index (χ0) is 22.0. The van der Waals surface area contributed by atoms with Crippen molar-refractivity contribution in [1.29, 1.82) is 0 Å². The number of anilines is 1. The molecule has 0 saturated heterocycles. The molecule has 0 fully saturated rings. The molecular formula is C25H20N2O4. The number of hydrogen-bond donors (Lipinski definition) is 1. The van der Waals surface area contributed by atoms with Crippen molar-refractivity contribution >= 4 is 29.2 Å². The molecule has 1 N–H and O–H groups in total. The van der Waals surface area contributed by atoms with Gasteiger partial charge in [0.25, 0.3) is 11.8 Å². The second-order valence-electron chi connectivity index (χ2n) is 7.35. The highest BCUT2D eigenvalue weighted by molar-refractivity contribution is 6.23. The van der Waals surface area contributed by atoms with Gasteiger partial charge in [-0.05, 0) is 48.9 Å². The van der Waals surface area contributed by atoms with E-state index in [-0.39, 0.29) is 12.2 Å². The van der Waals surface area contributed by atoms with Crippen LogP contribution in [0.2, 0.25) is 0 Å². The first kappa shape index (κ1) is 20.2. The highest BCUT2D eigenvalue weighted by atomic mass is 16.2. The predicted octanol–water partition coefficient (Wildman–Crippen LogP) is 3.74. The van der Waals surface area contributed by atoms with Crippen LogP contribution in [-0.4, -0.2) is 34.4 Å². The van der Waals surface area contributed by atoms with E-state index >= 15 is 0 Å². The fourth-order valence-corrected chi connectivity index (χ4v) is 3.64. The van der Waals surface area contributed by atoms with Crippen LogP contribution in [0.25, 0.3) is 0 Å². The Balaban J connectivity index is 1.65. The summed E-state index contributed by atoms with van der Waals surface area (Å²) in [7, 11) is 0. The summed E-state index contributed by atoms with van der Waals surface area (Å²) in [5.41, 5.74) is 2.42. The second-order valence-corrected chi connectivity index (χ2v) is 7.35. The van der Waals surface area contributed by atoms with Crippen LogP contribution in [0, 0.1) is 0 Å². The monoisotopic (exact) mass is 412 g/mol. The van der Waals surface area contributed by atoms with Crippen LogP contribution >= 0.6 is 0 Å². The third-order valence-corrected chi connectivity index (χ3v) is 5.27. The molecule has 6 heteroatoms. The van der Waals surface area contributed by atoms with Crippen molar-refractivity contribution in [1.82, 2.24) is 4.90 Å². The van der Waals surface area contributed by atoms with Crippen LogP contribution in [0.4, 0.5) is 5.69 Å². The maximum absolute atomic E-state index is 13.2. The molecule has 6 nitrogen and oxygen atoms in total. The van der Waals surface area contributed by atoms with Crippen molar-refractivity contribution in [2.75, 3.05) is 5.32 Å². The Morgan fingerprint density at radius 2 is 1.35 bits per heavy atom. The minimum absolute atomic E-state index is 0.0779. The smallest absolute Gasteiger partial charge is 0.262 e. The van der Waals surface area contributed by atoms with E-state index in [0.29, 0.717) is 22.4 Å². The number of ketones is 1. The van der Waals surface area contributed by atoms with Crippen molar-refractivity contribution in [2.45, 2.75) is 19.4 Å². The Hall–Kier alpha value is -4.06. The fraction of sp³-hybridized carbons (Fsp3) is 0.120. The van der Waals surface area contributed by atoms with Gasteiger partial charge in [0.1, 0.15) is 6.04 Å². The van der Waals surface area contributed by atoms with E-state index in [4.69, 9.17) is 0 Å². The molecule has 3 aromatic carbocycles. The van der Waals surface area contributed by atoms with Crippen LogP contribution in [0.1, 0.15) is 43.6 Å². The number of rotatable bonds is 6. The molecule has 0 spiro atoms. The van der Waals surface area contributed by atoms with Crippen LogP contribution in [0.5, 0.6) is 0 Å².